The number of ether oxygens (including phenoxy) is 2. The van der Waals surface area contributed by atoms with Crippen molar-refractivity contribution in [1.29, 1.82) is 0 Å². The normalized spacial score (nSPS) is 15.8. The van der Waals surface area contributed by atoms with Crippen LogP contribution >= 0.6 is 18.9 Å². The molecule has 1 fully saturated rings. The lowest BCUT2D eigenvalue weighted by Gasteiger charge is -2.18. The second-order valence-electron chi connectivity index (χ2n) is 8.56. The smallest absolute Gasteiger partial charge is 0.336 e. The monoisotopic (exact) mass is 539 g/mol. The van der Waals surface area contributed by atoms with Crippen molar-refractivity contribution in [2.24, 2.45) is 0 Å². The van der Waals surface area contributed by atoms with Gasteiger partial charge in [0.1, 0.15) is 17.6 Å². The summed E-state index contributed by atoms with van der Waals surface area (Å²) in [7, 11) is -3.30. The first kappa shape index (κ1) is 28.1. The van der Waals surface area contributed by atoms with Crippen molar-refractivity contribution < 1.29 is 32.7 Å². The van der Waals surface area contributed by atoms with Gasteiger partial charge in [0.15, 0.2) is 5.13 Å². The van der Waals surface area contributed by atoms with Gasteiger partial charge >= 0.3 is 7.60 Å². The number of nitrogens with one attached hydrogen (secondary N) is 1. The molecule has 10 nitrogen and oxygen atoms in total. The van der Waals surface area contributed by atoms with Gasteiger partial charge in [-0.3, -0.25) is 19.5 Å². The van der Waals surface area contributed by atoms with Crippen LogP contribution in [0.2, 0.25) is 0 Å². The Bertz CT molecular complexity index is 1100. The van der Waals surface area contributed by atoms with Crippen molar-refractivity contribution in [3.8, 4) is 11.5 Å². The average molecular weight is 540 g/mol. The van der Waals surface area contributed by atoms with Gasteiger partial charge in [-0.15, -0.1) is 11.3 Å². The maximum atomic E-state index is 13.1. The second-order valence-corrected chi connectivity index (χ2v) is 11.5. The van der Waals surface area contributed by atoms with Gasteiger partial charge in [0, 0.05) is 36.9 Å². The van der Waals surface area contributed by atoms with Crippen LogP contribution in [0.15, 0.2) is 23.6 Å². The molecule has 2 aromatic rings. The summed E-state index contributed by atoms with van der Waals surface area (Å²) in [5.41, 5.74) is 0.855. The lowest BCUT2D eigenvalue weighted by atomic mass is 10.2. The van der Waals surface area contributed by atoms with Crippen molar-refractivity contribution >= 4 is 35.9 Å². The van der Waals surface area contributed by atoms with Gasteiger partial charge in [0.25, 0.3) is 5.91 Å². The van der Waals surface area contributed by atoms with Crippen molar-refractivity contribution in [2.45, 2.75) is 59.4 Å². The van der Waals surface area contributed by atoms with Gasteiger partial charge in [0.05, 0.1) is 37.7 Å². The van der Waals surface area contributed by atoms with Crippen LogP contribution in [0, 0.1) is 0 Å². The Morgan fingerprint density at radius 3 is 2.50 bits per heavy atom. The number of amides is 2. The van der Waals surface area contributed by atoms with Crippen LogP contribution in [0.25, 0.3) is 0 Å². The molecule has 1 N–H and O–H groups in total. The molecule has 1 aliphatic rings. The third kappa shape index (κ3) is 8.03. The summed E-state index contributed by atoms with van der Waals surface area (Å²) in [6, 6.07) is 5.03. The van der Waals surface area contributed by atoms with E-state index < -0.39 is 7.60 Å². The number of rotatable bonds is 12. The number of aromatic nitrogens is 1. The highest BCUT2D eigenvalue weighted by molar-refractivity contribution is 7.53. The highest BCUT2D eigenvalue weighted by atomic mass is 32.1. The molecule has 198 valence electrons. The van der Waals surface area contributed by atoms with Crippen LogP contribution in [0.5, 0.6) is 11.5 Å². The summed E-state index contributed by atoms with van der Waals surface area (Å²) in [5.74, 6) is 0.621. The molecule has 36 heavy (non-hydrogen) atoms. The van der Waals surface area contributed by atoms with E-state index in [0.717, 1.165) is 0 Å². The fourth-order valence-electron chi connectivity index (χ4n) is 3.74. The number of likely N-dealkylation sites (tertiary alicyclic amines) is 1. The fraction of sp³-hybridized carbons (Fsp3) is 0.542. The Kier molecular flexibility index (Phi) is 9.90. The molecule has 0 spiro atoms. The zero-order valence-electron chi connectivity index (χ0n) is 21.3. The van der Waals surface area contributed by atoms with Crippen LogP contribution in [-0.4, -0.2) is 60.2 Å². The first-order valence-corrected chi connectivity index (χ1v) is 14.6. The summed E-state index contributed by atoms with van der Waals surface area (Å²) >= 11 is 1.22. The number of hydrogen-bond acceptors (Lipinski definition) is 9. The third-order valence-electron chi connectivity index (χ3n) is 5.19. The second kappa shape index (κ2) is 12.7. The molecule has 1 saturated heterocycles. The number of thiazole rings is 1. The number of carbonyl (C=O) groups is 2. The van der Waals surface area contributed by atoms with E-state index in [2.05, 4.69) is 10.3 Å². The Morgan fingerprint density at radius 2 is 1.89 bits per heavy atom. The van der Waals surface area contributed by atoms with Gasteiger partial charge in [-0.2, -0.15) is 0 Å². The molecule has 3 rings (SSSR count). The zero-order chi connectivity index (χ0) is 26.3. The van der Waals surface area contributed by atoms with E-state index >= 15 is 0 Å². The van der Waals surface area contributed by atoms with Crippen LogP contribution in [0.1, 0.15) is 57.1 Å². The molecular weight excluding hydrogens is 505 g/mol. The van der Waals surface area contributed by atoms with Crippen molar-refractivity contribution in [3.63, 3.8) is 0 Å². The standard InChI is InChI=1S/C24H34N3O7PS/c1-6-31-35(30,32-7-2)14-19-15-36-24(25-19)26-23(29)18-10-21(33-16(3)4)12-22(11-18)34-20-8-9-27(13-20)17(5)28/h10-12,15-16,20H,6-9,13-14H2,1-5H3,(H,25,26,29)/t20-/m1/s1. The molecule has 2 amide bonds. The van der Waals surface area contributed by atoms with E-state index in [0.29, 0.717) is 47.4 Å². The molecular formula is C24H34N3O7PS. The van der Waals surface area contributed by atoms with Crippen LogP contribution in [0.3, 0.4) is 0 Å². The van der Waals surface area contributed by atoms with Crippen LogP contribution in [0.4, 0.5) is 5.13 Å². The summed E-state index contributed by atoms with van der Waals surface area (Å²) in [4.78, 5) is 30.8. The largest absolute Gasteiger partial charge is 0.491 e. The molecule has 0 radical (unpaired) electrons. The van der Waals surface area contributed by atoms with Crippen molar-refractivity contribution in [2.75, 3.05) is 31.6 Å². The molecule has 0 unspecified atom stereocenters. The Hall–Kier alpha value is -2.46. The predicted molar refractivity (Wildman–Crippen MR) is 138 cm³/mol. The first-order valence-electron chi connectivity index (χ1n) is 12.0. The van der Waals surface area contributed by atoms with Crippen LogP contribution in [-0.2, 0) is 24.6 Å². The summed E-state index contributed by atoms with van der Waals surface area (Å²) in [6.45, 7) is 10.5. The van der Waals surface area contributed by atoms with E-state index in [1.165, 1.54) is 11.3 Å². The summed E-state index contributed by atoms with van der Waals surface area (Å²) in [5, 5.41) is 4.86. The molecule has 12 heteroatoms. The van der Waals surface area contributed by atoms with Gasteiger partial charge in [-0.25, -0.2) is 4.98 Å². The molecule has 1 aromatic heterocycles. The lowest BCUT2D eigenvalue weighted by Crippen LogP contribution is -2.28. The van der Waals surface area contributed by atoms with Gasteiger partial charge < -0.3 is 23.4 Å². The number of carbonyl (C=O) groups excluding carboxylic acids is 2. The van der Waals surface area contributed by atoms with E-state index in [-0.39, 0.29) is 43.4 Å². The minimum absolute atomic E-state index is 0.0137. The molecule has 1 atom stereocenters. The predicted octanol–water partition coefficient (Wildman–Crippen LogP) is 4.95. The zero-order valence-corrected chi connectivity index (χ0v) is 23.0. The highest BCUT2D eigenvalue weighted by Gasteiger charge is 2.27. The number of benzene rings is 1. The number of hydrogen-bond donors (Lipinski definition) is 1. The van der Waals surface area contributed by atoms with Gasteiger partial charge in [-0.1, -0.05) is 0 Å². The molecule has 1 aliphatic heterocycles. The topological polar surface area (TPSA) is 116 Å². The molecule has 2 heterocycles. The SMILES string of the molecule is CCOP(=O)(Cc1csc(NC(=O)c2cc(OC(C)C)cc(O[C@@H]3CCN(C(C)=O)C3)c2)n1)OCC. The van der Waals surface area contributed by atoms with Crippen LogP contribution < -0.4 is 14.8 Å². The molecule has 0 aliphatic carbocycles. The van der Waals surface area contributed by atoms with Gasteiger partial charge in [0.2, 0.25) is 5.91 Å². The van der Waals surface area contributed by atoms with Gasteiger partial charge in [-0.05, 0) is 39.8 Å². The highest BCUT2D eigenvalue weighted by Crippen LogP contribution is 2.51. The Morgan fingerprint density at radius 1 is 1.19 bits per heavy atom. The third-order valence-corrected chi connectivity index (χ3v) is 8.01. The summed E-state index contributed by atoms with van der Waals surface area (Å²) in [6.07, 6.45) is 0.483. The lowest BCUT2D eigenvalue weighted by molar-refractivity contribution is -0.128. The quantitative estimate of drug-likeness (QED) is 0.377. The molecule has 1 aromatic carbocycles. The van der Waals surface area contributed by atoms with E-state index in [4.69, 9.17) is 18.5 Å². The minimum atomic E-state index is -3.30. The Labute approximate surface area is 215 Å². The van der Waals surface area contributed by atoms with Crippen molar-refractivity contribution in [3.05, 3.63) is 34.8 Å². The maximum Gasteiger partial charge on any atom is 0.336 e. The number of nitrogens with zero attached hydrogens (tertiary/aromatic N) is 2. The average Bonchev–Trinajstić information content (AvgIpc) is 3.43. The van der Waals surface area contributed by atoms with E-state index in [1.54, 1.807) is 49.3 Å². The van der Waals surface area contributed by atoms with E-state index in [9.17, 15) is 14.2 Å². The maximum absolute atomic E-state index is 13.1. The minimum Gasteiger partial charge on any atom is -0.491 e. The first-order chi connectivity index (χ1) is 17.1. The molecule has 0 saturated carbocycles. The fourth-order valence-corrected chi connectivity index (χ4v) is 6.17. The summed E-state index contributed by atoms with van der Waals surface area (Å²) < 4.78 is 35.4. The van der Waals surface area contributed by atoms with Crippen molar-refractivity contribution in [1.82, 2.24) is 9.88 Å². The molecule has 0 bridgehead atoms. The Balaban J connectivity index is 1.73. The van der Waals surface area contributed by atoms with E-state index in [1.807, 2.05) is 13.8 Å². The number of anilines is 1.